The zero-order valence-corrected chi connectivity index (χ0v) is 15.4. The molecule has 26 heavy (non-hydrogen) atoms. The second-order valence-electron chi connectivity index (χ2n) is 5.43. The van der Waals surface area contributed by atoms with Gasteiger partial charge in [-0.15, -0.1) is 11.3 Å². The number of anilines is 1. The lowest BCUT2D eigenvalue weighted by atomic mass is 10.3. The van der Waals surface area contributed by atoms with E-state index in [0.29, 0.717) is 15.7 Å². The highest BCUT2D eigenvalue weighted by Crippen LogP contribution is 2.22. The molecule has 132 valence electrons. The Bertz CT molecular complexity index is 951. The van der Waals surface area contributed by atoms with Gasteiger partial charge in [0.05, 0.1) is 10.2 Å². The highest BCUT2D eigenvalue weighted by Gasteiger charge is 2.16. The fourth-order valence-corrected chi connectivity index (χ4v) is 3.24. The SMILES string of the molecule is C[C@@H](OC(=O)/C=C/c1nc2ccccc2s1)C(=O)Nc1cccc(Cl)c1. The molecule has 3 rings (SSSR count). The van der Waals surface area contributed by atoms with Crippen molar-refractivity contribution in [2.24, 2.45) is 0 Å². The number of benzene rings is 2. The summed E-state index contributed by atoms with van der Waals surface area (Å²) in [5, 5.41) is 3.84. The van der Waals surface area contributed by atoms with Gasteiger partial charge in [0.1, 0.15) is 5.01 Å². The molecule has 0 fully saturated rings. The second-order valence-corrected chi connectivity index (χ2v) is 6.93. The van der Waals surface area contributed by atoms with E-state index in [-0.39, 0.29) is 0 Å². The number of ether oxygens (including phenoxy) is 1. The number of aromatic nitrogens is 1. The zero-order valence-electron chi connectivity index (χ0n) is 13.8. The van der Waals surface area contributed by atoms with Gasteiger partial charge < -0.3 is 10.1 Å². The number of nitrogens with zero attached hydrogens (tertiary/aromatic N) is 1. The van der Waals surface area contributed by atoms with E-state index in [1.807, 2.05) is 24.3 Å². The van der Waals surface area contributed by atoms with Crippen molar-refractivity contribution >= 4 is 56.8 Å². The van der Waals surface area contributed by atoms with Gasteiger partial charge in [-0.2, -0.15) is 0 Å². The number of nitrogens with one attached hydrogen (secondary N) is 1. The third-order valence-corrected chi connectivity index (χ3v) is 4.66. The molecule has 0 aliphatic rings. The summed E-state index contributed by atoms with van der Waals surface area (Å²) < 4.78 is 6.15. The van der Waals surface area contributed by atoms with Gasteiger partial charge in [-0.1, -0.05) is 29.8 Å². The van der Waals surface area contributed by atoms with Gasteiger partial charge in [0.15, 0.2) is 6.10 Å². The molecule has 1 heterocycles. The Morgan fingerprint density at radius 3 is 2.81 bits per heavy atom. The Balaban J connectivity index is 1.57. The number of para-hydroxylation sites is 1. The predicted molar refractivity (Wildman–Crippen MR) is 104 cm³/mol. The average molecular weight is 387 g/mol. The van der Waals surface area contributed by atoms with E-state index >= 15 is 0 Å². The van der Waals surface area contributed by atoms with Crippen molar-refractivity contribution in [2.75, 3.05) is 5.32 Å². The standard InChI is InChI=1S/C19H15ClN2O3S/c1-12(19(24)21-14-6-4-5-13(20)11-14)25-18(23)10-9-17-22-15-7-2-3-8-16(15)26-17/h2-12H,1H3,(H,21,24)/b10-9+/t12-/m1/s1. The minimum absolute atomic E-state index is 0.436. The highest BCUT2D eigenvalue weighted by atomic mass is 35.5. The molecule has 0 saturated heterocycles. The fourth-order valence-electron chi connectivity index (χ4n) is 2.18. The molecular weight excluding hydrogens is 372 g/mol. The normalized spacial score (nSPS) is 12.2. The van der Waals surface area contributed by atoms with E-state index in [0.717, 1.165) is 10.2 Å². The predicted octanol–water partition coefficient (Wildman–Crippen LogP) is 4.53. The van der Waals surface area contributed by atoms with E-state index in [1.54, 1.807) is 30.3 Å². The van der Waals surface area contributed by atoms with Crippen LogP contribution in [-0.4, -0.2) is 23.0 Å². The number of fused-ring (bicyclic) bond motifs is 1. The number of amides is 1. The Morgan fingerprint density at radius 2 is 2.04 bits per heavy atom. The van der Waals surface area contributed by atoms with E-state index in [9.17, 15) is 9.59 Å². The number of esters is 1. The van der Waals surface area contributed by atoms with Crippen molar-refractivity contribution in [3.05, 3.63) is 64.6 Å². The number of carbonyl (C=O) groups is 2. The maximum absolute atomic E-state index is 12.1. The summed E-state index contributed by atoms with van der Waals surface area (Å²) in [4.78, 5) is 28.4. The summed E-state index contributed by atoms with van der Waals surface area (Å²) in [6.07, 6.45) is 1.90. The van der Waals surface area contributed by atoms with Crippen LogP contribution in [0.5, 0.6) is 0 Å². The molecule has 0 aliphatic heterocycles. The number of carbonyl (C=O) groups excluding carboxylic acids is 2. The Kier molecular flexibility index (Phi) is 5.65. The summed E-state index contributed by atoms with van der Waals surface area (Å²) >= 11 is 7.34. The third kappa shape index (κ3) is 4.68. The molecule has 7 heteroatoms. The first kappa shape index (κ1) is 18.1. The quantitative estimate of drug-likeness (QED) is 0.516. The largest absolute Gasteiger partial charge is 0.449 e. The van der Waals surface area contributed by atoms with Crippen molar-refractivity contribution < 1.29 is 14.3 Å². The van der Waals surface area contributed by atoms with E-state index in [1.165, 1.54) is 24.3 Å². The number of thiazole rings is 1. The first-order valence-electron chi connectivity index (χ1n) is 7.82. The van der Waals surface area contributed by atoms with Crippen LogP contribution in [0.1, 0.15) is 11.9 Å². The van der Waals surface area contributed by atoms with Crippen LogP contribution < -0.4 is 5.32 Å². The number of hydrogen-bond donors (Lipinski definition) is 1. The van der Waals surface area contributed by atoms with Crippen molar-refractivity contribution in [3.63, 3.8) is 0 Å². The van der Waals surface area contributed by atoms with Crippen LogP contribution in [0.2, 0.25) is 5.02 Å². The minimum atomic E-state index is -0.943. The first-order valence-corrected chi connectivity index (χ1v) is 9.01. The van der Waals surface area contributed by atoms with Gasteiger partial charge >= 0.3 is 5.97 Å². The summed E-state index contributed by atoms with van der Waals surface area (Å²) in [5.74, 6) is -1.05. The molecule has 5 nitrogen and oxygen atoms in total. The topological polar surface area (TPSA) is 68.3 Å². The van der Waals surface area contributed by atoms with Crippen molar-refractivity contribution in [1.82, 2.24) is 4.98 Å². The van der Waals surface area contributed by atoms with E-state index < -0.39 is 18.0 Å². The van der Waals surface area contributed by atoms with Gasteiger partial charge in [-0.05, 0) is 43.3 Å². The molecule has 1 atom stereocenters. The summed E-state index contributed by atoms with van der Waals surface area (Å²) in [5.41, 5.74) is 1.41. The Hall–Kier alpha value is -2.70. The van der Waals surface area contributed by atoms with Crippen LogP contribution >= 0.6 is 22.9 Å². The average Bonchev–Trinajstić information content (AvgIpc) is 3.03. The molecule has 0 spiro atoms. The lowest BCUT2D eigenvalue weighted by Gasteiger charge is -2.12. The molecule has 2 aromatic carbocycles. The molecule has 0 saturated carbocycles. The first-order chi connectivity index (χ1) is 12.5. The second kappa shape index (κ2) is 8.12. The van der Waals surface area contributed by atoms with Gasteiger partial charge in [0.2, 0.25) is 0 Å². The zero-order chi connectivity index (χ0) is 18.5. The van der Waals surface area contributed by atoms with Crippen LogP contribution in [0.3, 0.4) is 0 Å². The van der Waals surface area contributed by atoms with Crippen LogP contribution in [-0.2, 0) is 14.3 Å². The number of hydrogen-bond acceptors (Lipinski definition) is 5. The molecular formula is C19H15ClN2O3S. The van der Waals surface area contributed by atoms with Gasteiger partial charge in [0, 0.05) is 16.8 Å². The Morgan fingerprint density at radius 1 is 1.23 bits per heavy atom. The molecule has 1 amide bonds. The Labute approximate surface area is 159 Å². The maximum atomic E-state index is 12.1. The monoisotopic (exact) mass is 386 g/mol. The third-order valence-electron chi connectivity index (χ3n) is 3.43. The van der Waals surface area contributed by atoms with Crippen molar-refractivity contribution in [1.29, 1.82) is 0 Å². The summed E-state index contributed by atoms with van der Waals surface area (Å²) in [7, 11) is 0. The molecule has 0 radical (unpaired) electrons. The molecule has 0 bridgehead atoms. The van der Waals surface area contributed by atoms with Crippen molar-refractivity contribution in [3.8, 4) is 0 Å². The van der Waals surface area contributed by atoms with Gasteiger partial charge in [-0.25, -0.2) is 9.78 Å². The lowest BCUT2D eigenvalue weighted by molar-refractivity contribution is -0.148. The molecule has 1 N–H and O–H groups in total. The van der Waals surface area contributed by atoms with E-state index in [4.69, 9.17) is 16.3 Å². The number of rotatable bonds is 5. The van der Waals surface area contributed by atoms with Crippen LogP contribution in [0.25, 0.3) is 16.3 Å². The van der Waals surface area contributed by atoms with Gasteiger partial charge in [0.25, 0.3) is 5.91 Å². The highest BCUT2D eigenvalue weighted by molar-refractivity contribution is 7.19. The maximum Gasteiger partial charge on any atom is 0.331 e. The van der Waals surface area contributed by atoms with Crippen LogP contribution in [0, 0.1) is 0 Å². The molecule has 0 aliphatic carbocycles. The van der Waals surface area contributed by atoms with E-state index in [2.05, 4.69) is 10.3 Å². The molecule has 3 aromatic rings. The minimum Gasteiger partial charge on any atom is -0.449 e. The van der Waals surface area contributed by atoms with Crippen LogP contribution in [0.15, 0.2) is 54.6 Å². The number of halogens is 1. The summed E-state index contributed by atoms with van der Waals surface area (Å²) in [6.45, 7) is 1.50. The fraction of sp³-hybridized carbons (Fsp3) is 0.105. The smallest absolute Gasteiger partial charge is 0.331 e. The molecule has 1 aromatic heterocycles. The lowest BCUT2D eigenvalue weighted by Crippen LogP contribution is -2.29. The van der Waals surface area contributed by atoms with Gasteiger partial charge in [-0.3, -0.25) is 4.79 Å². The van der Waals surface area contributed by atoms with Crippen LogP contribution in [0.4, 0.5) is 5.69 Å². The summed E-state index contributed by atoms with van der Waals surface area (Å²) in [6, 6.07) is 14.4. The molecule has 0 unspecified atom stereocenters. The van der Waals surface area contributed by atoms with Crippen molar-refractivity contribution in [2.45, 2.75) is 13.0 Å².